The summed E-state index contributed by atoms with van der Waals surface area (Å²) in [5.74, 6) is 1.67. The highest BCUT2D eigenvalue weighted by molar-refractivity contribution is 14.0. The molecule has 0 atom stereocenters. The highest BCUT2D eigenvalue weighted by Gasteiger charge is 2.21. The van der Waals surface area contributed by atoms with Crippen molar-refractivity contribution in [2.45, 2.75) is 25.8 Å². The fourth-order valence-corrected chi connectivity index (χ4v) is 1.49. The average Bonchev–Trinajstić information content (AvgIpc) is 3.20. The lowest BCUT2D eigenvalue weighted by Gasteiger charge is -2.10. The molecule has 0 saturated heterocycles. The van der Waals surface area contributed by atoms with Gasteiger partial charge in [0.2, 0.25) is 0 Å². The van der Waals surface area contributed by atoms with Gasteiger partial charge in [0.25, 0.3) is 0 Å². The molecule has 1 heterocycles. The van der Waals surface area contributed by atoms with Crippen molar-refractivity contribution in [2.75, 3.05) is 19.7 Å². The van der Waals surface area contributed by atoms with Gasteiger partial charge in [0.15, 0.2) is 5.96 Å². The number of hydrogen-bond donors (Lipinski definition) is 2. The summed E-state index contributed by atoms with van der Waals surface area (Å²) in [4.78, 5) is 8.45. The number of pyridine rings is 1. The molecule has 1 saturated carbocycles. The van der Waals surface area contributed by atoms with E-state index in [0.717, 1.165) is 18.3 Å². The number of nitrogens with zero attached hydrogens (tertiary/aromatic N) is 2. The fourth-order valence-electron chi connectivity index (χ4n) is 1.49. The van der Waals surface area contributed by atoms with E-state index in [-0.39, 0.29) is 24.0 Å². The molecule has 5 nitrogen and oxygen atoms in total. The molecule has 0 radical (unpaired) electrons. The molecule has 0 spiro atoms. The number of nitrogens with one attached hydrogen (secondary N) is 2. The molecule has 2 N–H and O–H groups in total. The van der Waals surface area contributed by atoms with Crippen molar-refractivity contribution in [1.82, 2.24) is 15.6 Å². The van der Waals surface area contributed by atoms with Crippen molar-refractivity contribution in [3.63, 3.8) is 0 Å². The van der Waals surface area contributed by atoms with Crippen molar-refractivity contribution in [3.8, 4) is 5.75 Å². The first-order chi connectivity index (χ1) is 8.88. The van der Waals surface area contributed by atoms with Gasteiger partial charge in [0, 0.05) is 18.8 Å². The molecule has 1 aliphatic carbocycles. The van der Waals surface area contributed by atoms with Crippen molar-refractivity contribution >= 4 is 29.9 Å². The minimum Gasteiger partial charge on any atom is -0.490 e. The van der Waals surface area contributed by atoms with Crippen molar-refractivity contribution in [3.05, 3.63) is 24.5 Å². The van der Waals surface area contributed by atoms with Crippen LogP contribution >= 0.6 is 24.0 Å². The zero-order chi connectivity index (χ0) is 12.6. The molecule has 1 aliphatic rings. The maximum absolute atomic E-state index is 5.53. The maximum Gasteiger partial charge on any atom is 0.191 e. The summed E-state index contributed by atoms with van der Waals surface area (Å²) in [7, 11) is 0. The monoisotopic (exact) mass is 376 g/mol. The molecule has 0 amide bonds. The smallest absolute Gasteiger partial charge is 0.191 e. The topological polar surface area (TPSA) is 58.5 Å². The molecule has 0 aromatic carbocycles. The molecule has 0 aliphatic heterocycles. The first kappa shape index (κ1) is 16.0. The number of halogens is 1. The van der Waals surface area contributed by atoms with E-state index in [2.05, 4.69) is 27.5 Å². The van der Waals surface area contributed by atoms with Crippen molar-refractivity contribution in [2.24, 2.45) is 4.99 Å². The average molecular weight is 376 g/mol. The zero-order valence-corrected chi connectivity index (χ0v) is 13.5. The summed E-state index contributed by atoms with van der Waals surface area (Å²) in [5.41, 5.74) is 0. The standard InChI is InChI=1S/C13H20N4O.HI/c1-2-15-13(17-11-5-6-11)16-8-9-18-12-4-3-7-14-10-12;/h3-4,7,10-11H,2,5-6,8-9H2,1H3,(H2,15,16,17);1H. The Kier molecular flexibility index (Phi) is 7.54. The third-order valence-corrected chi connectivity index (χ3v) is 2.53. The van der Waals surface area contributed by atoms with Gasteiger partial charge in [-0.25, -0.2) is 4.99 Å². The van der Waals surface area contributed by atoms with Gasteiger partial charge in [-0.15, -0.1) is 24.0 Å². The Hall–Kier alpha value is -1.05. The molecule has 2 rings (SSSR count). The van der Waals surface area contributed by atoms with Gasteiger partial charge in [-0.3, -0.25) is 4.98 Å². The largest absolute Gasteiger partial charge is 0.490 e. The van der Waals surface area contributed by atoms with Gasteiger partial charge in [0.1, 0.15) is 12.4 Å². The van der Waals surface area contributed by atoms with Gasteiger partial charge < -0.3 is 15.4 Å². The number of rotatable bonds is 6. The molecular formula is C13H21IN4O. The lowest BCUT2D eigenvalue weighted by atomic mass is 10.5. The second-order valence-electron chi connectivity index (χ2n) is 4.22. The summed E-state index contributed by atoms with van der Waals surface area (Å²) >= 11 is 0. The number of aliphatic imine (C=N–C) groups is 1. The minimum absolute atomic E-state index is 0. The summed E-state index contributed by atoms with van der Waals surface area (Å²) in [6.07, 6.45) is 5.93. The van der Waals surface area contributed by atoms with Gasteiger partial charge in [0.05, 0.1) is 12.7 Å². The quantitative estimate of drug-likeness (QED) is 0.344. The van der Waals surface area contributed by atoms with E-state index in [1.807, 2.05) is 12.1 Å². The van der Waals surface area contributed by atoms with Crippen LogP contribution in [0.25, 0.3) is 0 Å². The summed E-state index contributed by atoms with van der Waals surface area (Å²) in [6.45, 7) is 4.14. The number of aromatic nitrogens is 1. The van der Waals surface area contributed by atoms with Crippen LogP contribution in [-0.4, -0.2) is 36.7 Å². The normalized spacial score (nSPS) is 14.5. The van der Waals surface area contributed by atoms with Crippen LogP contribution in [0.3, 0.4) is 0 Å². The zero-order valence-electron chi connectivity index (χ0n) is 11.1. The summed E-state index contributed by atoms with van der Waals surface area (Å²) in [6, 6.07) is 4.36. The third-order valence-electron chi connectivity index (χ3n) is 2.53. The lowest BCUT2D eigenvalue weighted by molar-refractivity contribution is 0.327. The van der Waals surface area contributed by atoms with E-state index < -0.39 is 0 Å². The van der Waals surface area contributed by atoms with Crippen LogP contribution in [0.5, 0.6) is 5.75 Å². The highest BCUT2D eigenvalue weighted by atomic mass is 127. The fraction of sp³-hybridized carbons (Fsp3) is 0.538. The van der Waals surface area contributed by atoms with Crippen LogP contribution in [0.15, 0.2) is 29.5 Å². The van der Waals surface area contributed by atoms with Gasteiger partial charge in [-0.2, -0.15) is 0 Å². The number of ether oxygens (including phenoxy) is 1. The second-order valence-corrected chi connectivity index (χ2v) is 4.22. The van der Waals surface area contributed by atoms with Crippen LogP contribution in [0.2, 0.25) is 0 Å². The van der Waals surface area contributed by atoms with E-state index in [0.29, 0.717) is 19.2 Å². The number of hydrogen-bond acceptors (Lipinski definition) is 3. The Bertz CT molecular complexity index is 381. The Morgan fingerprint density at radius 1 is 1.53 bits per heavy atom. The van der Waals surface area contributed by atoms with E-state index >= 15 is 0 Å². The first-order valence-corrected chi connectivity index (χ1v) is 6.46. The second kappa shape index (κ2) is 8.95. The van der Waals surface area contributed by atoms with Crippen LogP contribution in [0.4, 0.5) is 0 Å². The van der Waals surface area contributed by atoms with Gasteiger partial charge in [-0.05, 0) is 31.9 Å². The Labute approximate surface area is 131 Å². The first-order valence-electron chi connectivity index (χ1n) is 6.46. The van der Waals surface area contributed by atoms with Crippen LogP contribution in [0, 0.1) is 0 Å². The maximum atomic E-state index is 5.53. The minimum atomic E-state index is 0. The Morgan fingerprint density at radius 3 is 3.00 bits per heavy atom. The van der Waals surface area contributed by atoms with E-state index in [1.54, 1.807) is 12.4 Å². The highest BCUT2D eigenvalue weighted by Crippen LogP contribution is 2.18. The van der Waals surface area contributed by atoms with Crippen LogP contribution in [0.1, 0.15) is 19.8 Å². The van der Waals surface area contributed by atoms with Crippen LogP contribution in [-0.2, 0) is 0 Å². The predicted molar refractivity (Wildman–Crippen MR) is 87.3 cm³/mol. The molecule has 6 heteroatoms. The molecule has 0 unspecified atom stereocenters. The molecule has 106 valence electrons. The molecular weight excluding hydrogens is 355 g/mol. The number of guanidine groups is 1. The third kappa shape index (κ3) is 6.60. The predicted octanol–water partition coefficient (Wildman–Crippen LogP) is 1.80. The van der Waals surface area contributed by atoms with Crippen molar-refractivity contribution in [1.29, 1.82) is 0 Å². The van der Waals surface area contributed by atoms with E-state index in [1.165, 1.54) is 12.8 Å². The Balaban J connectivity index is 0.00000180. The van der Waals surface area contributed by atoms with Crippen LogP contribution < -0.4 is 15.4 Å². The Morgan fingerprint density at radius 2 is 2.37 bits per heavy atom. The SMILES string of the molecule is CCNC(=NCCOc1cccnc1)NC1CC1.I. The molecule has 19 heavy (non-hydrogen) atoms. The summed E-state index contributed by atoms with van der Waals surface area (Å²) in [5, 5.41) is 6.59. The molecule has 1 aromatic rings. The molecule has 1 aromatic heterocycles. The van der Waals surface area contributed by atoms with Gasteiger partial charge in [-0.1, -0.05) is 0 Å². The van der Waals surface area contributed by atoms with Gasteiger partial charge >= 0.3 is 0 Å². The van der Waals surface area contributed by atoms with Crippen molar-refractivity contribution < 1.29 is 4.74 Å². The van der Waals surface area contributed by atoms with E-state index in [4.69, 9.17) is 4.74 Å². The molecule has 1 fully saturated rings. The molecule has 0 bridgehead atoms. The summed E-state index contributed by atoms with van der Waals surface area (Å²) < 4.78 is 5.53. The lowest BCUT2D eigenvalue weighted by Crippen LogP contribution is -2.38. The van der Waals surface area contributed by atoms with E-state index in [9.17, 15) is 0 Å².